The number of nitrogen functional groups attached to an aromatic ring is 1. The van der Waals surface area contributed by atoms with E-state index in [0.717, 1.165) is 54.0 Å². The molecule has 9 nitrogen and oxygen atoms in total. The minimum Gasteiger partial charge on any atom is -0.439 e. The van der Waals surface area contributed by atoms with Gasteiger partial charge in [-0.05, 0) is 50.9 Å². The van der Waals surface area contributed by atoms with Gasteiger partial charge in [0.15, 0.2) is 5.65 Å². The molecule has 36 heavy (non-hydrogen) atoms. The number of anilines is 1. The molecule has 0 atom stereocenters. The molecule has 0 spiro atoms. The number of aromatic nitrogens is 5. The maximum absolute atomic E-state index is 6.34. The monoisotopic (exact) mass is 484 g/mol. The number of para-hydroxylation sites is 1. The van der Waals surface area contributed by atoms with Gasteiger partial charge in [0.05, 0.1) is 11.4 Å². The number of rotatable bonds is 5. The van der Waals surface area contributed by atoms with Gasteiger partial charge in [-0.3, -0.25) is 4.90 Å². The van der Waals surface area contributed by atoms with Crippen LogP contribution in [0.5, 0.6) is 11.6 Å². The Balaban J connectivity index is 1.24. The molecule has 0 amide bonds. The average molecular weight is 485 g/mol. The van der Waals surface area contributed by atoms with Crippen LogP contribution < -0.4 is 10.5 Å². The van der Waals surface area contributed by atoms with Gasteiger partial charge in [0.2, 0.25) is 5.88 Å². The quantitative estimate of drug-likeness (QED) is 0.454. The van der Waals surface area contributed by atoms with E-state index in [2.05, 4.69) is 36.5 Å². The van der Waals surface area contributed by atoms with Crippen molar-refractivity contribution in [1.29, 1.82) is 0 Å². The summed E-state index contributed by atoms with van der Waals surface area (Å²) in [7, 11) is 2.21. The molecule has 1 aliphatic carbocycles. The maximum Gasteiger partial charge on any atom is 0.219 e. The van der Waals surface area contributed by atoms with Crippen molar-refractivity contribution in [2.75, 3.05) is 39.0 Å². The molecule has 0 bridgehead atoms. The highest BCUT2D eigenvalue weighted by atomic mass is 16.5. The van der Waals surface area contributed by atoms with Gasteiger partial charge in [-0.1, -0.05) is 18.2 Å². The number of fused-ring (bicyclic) bond motifs is 1. The van der Waals surface area contributed by atoms with E-state index in [0.29, 0.717) is 23.8 Å². The van der Waals surface area contributed by atoms with Gasteiger partial charge >= 0.3 is 0 Å². The zero-order valence-electron chi connectivity index (χ0n) is 20.6. The van der Waals surface area contributed by atoms with Crippen LogP contribution in [0.15, 0.2) is 55.0 Å². The number of likely N-dealkylation sites (N-methyl/N-ethyl adjacent to an activating group) is 1. The van der Waals surface area contributed by atoms with Crippen LogP contribution in [0.4, 0.5) is 5.82 Å². The average Bonchev–Trinajstić information content (AvgIpc) is 3.31. The number of nitrogens with zero attached hydrogens (tertiary/aromatic N) is 7. The van der Waals surface area contributed by atoms with Crippen molar-refractivity contribution in [3.05, 3.63) is 55.0 Å². The third-order valence-electron chi connectivity index (χ3n) is 7.56. The Hall–Kier alpha value is -3.56. The van der Waals surface area contributed by atoms with E-state index in [-0.39, 0.29) is 0 Å². The SMILES string of the molecule is CN1CCN(C2CCC(n3nc(-c4ccc(Oc5ccccc5)nc4)c4c(N)ncnc43)CC2)CC1. The summed E-state index contributed by atoms with van der Waals surface area (Å²) < 4.78 is 7.93. The van der Waals surface area contributed by atoms with Crippen molar-refractivity contribution in [3.63, 3.8) is 0 Å². The molecular formula is C27H32N8O. The van der Waals surface area contributed by atoms with Gasteiger partial charge in [-0.15, -0.1) is 0 Å². The third-order valence-corrected chi connectivity index (χ3v) is 7.56. The number of hydrogen-bond acceptors (Lipinski definition) is 8. The molecule has 1 aliphatic heterocycles. The fraction of sp³-hybridized carbons (Fsp3) is 0.407. The summed E-state index contributed by atoms with van der Waals surface area (Å²) in [5.74, 6) is 1.72. The fourth-order valence-electron chi connectivity index (χ4n) is 5.50. The Labute approximate surface area is 210 Å². The standard InChI is InChI=1S/C27H32N8O/c1-33-13-15-34(16-14-33)20-8-10-21(11-9-20)35-27-24(26(28)30-18-31-27)25(32-35)19-7-12-23(29-17-19)36-22-5-3-2-4-6-22/h2-7,12,17-18,20-21H,8-11,13-16H2,1H3,(H2,28,30,31). The summed E-state index contributed by atoms with van der Waals surface area (Å²) in [5.41, 5.74) is 8.77. The first-order valence-corrected chi connectivity index (χ1v) is 12.8. The Bertz CT molecular complexity index is 1310. The van der Waals surface area contributed by atoms with Gasteiger partial charge in [0.1, 0.15) is 23.6 Å². The van der Waals surface area contributed by atoms with E-state index in [9.17, 15) is 0 Å². The zero-order valence-corrected chi connectivity index (χ0v) is 20.6. The summed E-state index contributed by atoms with van der Waals surface area (Å²) in [5, 5.41) is 5.83. The van der Waals surface area contributed by atoms with Crippen LogP contribution in [0.1, 0.15) is 31.7 Å². The number of piperazine rings is 1. The molecule has 4 heterocycles. The first-order chi connectivity index (χ1) is 17.7. The molecule has 9 heteroatoms. The molecule has 1 saturated carbocycles. The van der Waals surface area contributed by atoms with Crippen molar-refractivity contribution in [2.45, 2.75) is 37.8 Å². The number of nitrogens with two attached hydrogens (primary N) is 1. The summed E-state index contributed by atoms with van der Waals surface area (Å²) in [6.07, 6.45) is 7.83. The predicted molar refractivity (Wildman–Crippen MR) is 140 cm³/mol. The smallest absolute Gasteiger partial charge is 0.219 e. The lowest BCUT2D eigenvalue weighted by Gasteiger charge is -2.41. The molecule has 2 N–H and O–H groups in total. The van der Waals surface area contributed by atoms with Crippen molar-refractivity contribution in [1.82, 2.24) is 34.5 Å². The van der Waals surface area contributed by atoms with Crippen LogP contribution >= 0.6 is 0 Å². The highest BCUT2D eigenvalue weighted by molar-refractivity contribution is 5.98. The highest BCUT2D eigenvalue weighted by Crippen LogP contribution is 2.37. The van der Waals surface area contributed by atoms with Gasteiger partial charge < -0.3 is 15.4 Å². The molecule has 2 fully saturated rings. The van der Waals surface area contributed by atoms with Crippen LogP contribution in [0.3, 0.4) is 0 Å². The zero-order chi connectivity index (χ0) is 24.5. The summed E-state index contributed by atoms with van der Waals surface area (Å²) >= 11 is 0. The van der Waals surface area contributed by atoms with E-state index >= 15 is 0 Å². The minimum absolute atomic E-state index is 0.299. The normalized spacial score (nSPS) is 21.6. The molecule has 0 radical (unpaired) electrons. The first-order valence-electron chi connectivity index (χ1n) is 12.8. The Morgan fingerprint density at radius 2 is 1.61 bits per heavy atom. The van der Waals surface area contributed by atoms with E-state index < -0.39 is 0 Å². The van der Waals surface area contributed by atoms with Gasteiger partial charge in [-0.2, -0.15) is 5.10 Å². The summed E-state index contributed by atoms with van der Waals surface area (Å²) in [6.45, 7) is 4.65. The minimum atomic E-state index is 0.299. The largest absolute Gasteiger partial charge is 0.439 e. The van der Waals surface area contributed by atoms with Gasteiger partial charge in [0, 0.05) is 50.0 Å². The van der Waals surface area contributed by atoms with E-state index in [4.69, 9.17) is 15.6 Å². The van der Waals surface area contributed by atoms with Crippen molar-refractivity contribution in [3.8, 4) is 22.9 Å². The molecule has 186 valence electrons. The van der Waals surface area contributed by atoms with E-state index in [1.165, 1.54) is 32.3 Å². The molecule has 2 aliphatic rings. The number of hydrogen-bond donors (Lipinski definition) is 1. The molecule has 0 unspecified atom stereocenters. The maximum atomic E-state index is 6.34. The molecule has 1 saturated heterocycles. The van der Waals surface area contributed by atoms with Crippen molar-refractivity contribution >= 4 is 16.9 Å². The first kappa shape index (κ1) is 22.9. The van der Waals surface area contributed by atoms with Crippen LogP contribution in [0.2, 0.25) is 0 Å². The van der Waals surface area contributed by atoms with Gasteiger partial charge in [0.25, 0.3) is 0 Å². The molecule has 3 aromatic heterocycles. The molecule has 4 aromatic rings. The lowest BCUT2D eigenvalue weighted by Crippen LogP contribution is -2.49. The topological polar surface area (TPSA) is 98.2 Å². The Morgan fingerprint density at radius 1 is 0.861 bits per heavy atom. The molecule has 1 aromatic carbocycles. The number of ether oxygens (including phenoxy) is 1. The lowest BCUT2D eigenvalue weighted by atomic mass is 9.90. The highest BCUT2D eigenvalue weighted by Gasteiger charge is 2.30. The second-order valence-corrected chi connectivity index (χ2v) is 9.85. The summed E-state index contributed by atoms with van der Waals surface area (Å²) in [6, 6.07) is 14.4. The van der Waals surface area contributed by atoms with Crippen LogP contribution in [-0.2, 0) is 0 Å². The molecular weight excluding hydrogens is 452 g/mol. The second kappa shape index (κ2) is 9.83. The Kier molecular flexibility index (Phi) is 6.25. The third kappa shape index (κ3) is 4.52. The van der Waals surface area contributed by atoms with Crippen LogP contribution in [0, 0.1) is 0 Å². The summed E-state index contributed by atoms with van der Waals surface area (Å²) in [4.78, 5) is 18.5. The van der Waals surface area contributed by atoms with Gasteiger partial charge in [-0.25, -0.2) is 19.6 Å². The van der Waals surface area contributed by atoms with Crippen LogP contribution in [0.25, 0.3) is 22.3 Å². The Morgan fingerprint density at radius 3 is 2.33 bits per heavy atom. The van der Waals surface area contributed by atoms with Crippen molar-refractivity contribution < 1.29 is 4.74 Å². The number of benzene rings is 1. The lowest BCUT2D eigenvalue weighted by molar-refractivity contribution is 0.0815. The number of pyridine rings is 1. The van der Waals surface area contributed by atoms with E-state index in [1.807, 2.05) is 42.5 Å². The van der Waals surface area contributed by atoms with Crippen LogP contribution in [-0.4, -0.2) is 73.8 Å². The molecule has 6 rings (SSSR count). The van der Waals surface area contributed by atoms with E-state index in [1.54, 1.807) is 6.20 Å². The fourth-order valence-corrected chi connectivity index (χ4v) is 5.50. The van der Waals surface area contributed by atoms with Crippen molar-refractivity contribution in [2.24, 2.45) is 0 Å². The second-order valence-electron chi connectivity index (χ2n) is 9.85. The predicted octanol–water partition coefficient (Wildman–Crippen LogP) is 3.99.